The molecule has 5 rings (SSSR count). The van der Waals surface area contributed by atoms with Gasteiger partial charge in [0.25, 0.3) is 0 Å². The van der Waals surface area contributed by atoms with Gasteiger partial charge in [-0.3, -0.25) is 9.97 Å². The van der Waals surface area contributed by atoms with Gasteiger partial charge in [0.2, 0.25) is 0 Å². The molecule has 0 saturated carbocycles. The minimum absolute atomic E-state index is 0.151. The van der Waals surface area contributed by atoms with Gasteiger partial charge in [-0.2, -0.15) is 0 Å². The van der Waals surface area contributed by atoms with Gasteiger partial charge >= 0.3 is 0 Å². The molecular formula is C25H29N5. The SMILES string of the molecule is N[C@H]1CCc2ncc(CCN[C@H](c3ccccc3)[C@H]3CNc4cccnc4C3)cc21. The number of hydrogen-bond donors (Lipinski definition) is 3. The minimum atomic E-state index is 0.151. The van der Waals surface area contributed by atoms with Crippen molar-refractivity contribution in [1.29, 1.82) is 0 Å². The van der Waals surface area contributed by atoms with Crippen molar-refractivity contribution in [2.45, 2.75) is 37.8 Å². The third-order valence-corrected chi connectivity index (χ3v) is 6.46. The number of anilines is 1. The summed E-state index contributed by atoms with van der Waals surface area (Å²) in [5.74, 6) is 0.446. The number of nitrogens with two attached hydrogens (primary N) is 1. The highest BCUT2D eigenvalue weighted by Crippen LogP contribution is 2.31. The Bertz CT molecular complexity index is 1000. The molecular weight excluding hydrogens is 370 g/mol. The molecule has 2 aromatic heterocycles. The Morgan fingerprint density at radius 2 is 2.00 bits per heavy atom. The smallest absolute Gasteiger partial charge is 0.0638 e. The molecule has 0 saturated heterocycles. The molecule has 0 spiro atoms. The predicted octanol–water partition coefficient (Wildman–Crippen LogP) is 3.58. The Morgan fingerprint density at radius 1 is 1.10 bits per heavy atom. The highest BCUT2D eigenvalue weighted by molar-refractivity contribution is 5.50. The van der Waals surface area contributed by atoms with Crippen molar-refractivity contribution in [3.05, 3.63) is 89.0 Å². The molecule has 2 aliphatic rings. The average Bonchev–Trinajstić information content (AvgIpc) is 3.17. The van der Waals surface area contributed by atoms with Gasteiger partial charge in [0, 0.05) is 42.6 Å². The van der Waals surface area contributed by atoms with E-state index in [-0.39, 0.29) is 12.1 Å². The van der Waals surface area contributed by atoms with Crippen LogP contribution in [0.4, 0.5) is 5.69 Å². The summed E-state index contributed by atoms with van der Waals surface area (Å²) < 4.78 is 0. The van der Waals surface area contributed by atoms with Crippen LogP contribution in [0.3, 0.4) is 0 Å². The second-order valence-electron chi connectivity index (χ2n) is 8.46. The van der Waals surface area contributed by atoms with E-state index in [1.54, 1.807) is 0 Å². The van der Waals surface area contributed by atoms with Gasteiger partial charge in [-0.05, 0) is 61.1 Å². The quantitative estimate of drug-likeness (QED) is 0.591. The molecule has 0 amide bonds. The van der Waals surface area contributed by atoms with Crippen LogP contribution in [0.1, 0.15) is 46.6 Å². The largest absolute Gasteiger partial charge is 0.383 e. The van der Waals surface area contributed by atoms with Crippen LogP contribution in [0, 0.1) is 5.92 Å². The number of aromatic nitrogens is 2. The molecule has 3 aromatic rings. The van der Waals surface area contributed by atoms with Crippen LogP contribution in [0.15, 0.2) is 60.9 Å². The summed E-state index contributed by atoms with van der Waals surface area (Å²) in [5.41, 5.74) is 13.6. The summed E-state index contributed by atoms with van der Waals surface area (Å²) in [6.07, 6.45) is 7.87. The number of nitrogens with zero attached hydrogens (tertiary/aromatic N) is 2. The highest BCUT2D eigenvalue weighted by Gasteiger charge is 2.28. The summed E-state index contributed by atoms with van der Waals surface area (Å²) in [5, 5.41) is 7.41. The topological polar surface area (TPSA) is 75.9 Å². The van der Waals surface area contributed by atoms with Crippen LogP contribution in [0.2, 0.25) is 0 Å². The van der Waals surface area contributed by atoms with Gasteiger partial charge in [0.1, 0.15) is 0 Å². The first kappa shape index (κ1) is 19.2. The van der Waals surface area contributed by atoms with E-state index >= 15 is 0 Å². The van der Waals surface area contributed by atoms with Crippen molar-refractivity contribution in [2.24, 2.45) is 11.7 Å². The average molecular weight is 400 g/mol. The molecule has 0 unspecified atom stereocenters. The number of nitrogens with one attached hydrogen (secondary N) is 2. The summed E-state index contributed by atoms with van der Waals surface area (Å²) in [4.78, 5) is 9.26. The summed E-state index contributed by atoms with van der Waals surface area (Å²) in [6, 6.07) is 17.6. The fourth-order valence-corrected chi connectivity index (χ4v) is 4.82. The van der Waals surface area contributed by atoms with Gasteiger partial charge in [0.05, 0.1) is 11.4 Å². The van der Waals surface area contributed by atoms with Crippen LogP contribution in [0.25, 0.3) is 0 Å². The number of hydrogen-bond acceptors (Lipinski definition) is 5. The number of pyridine rings is 2. The Kier molecular flexibility index (Phi) is 5.47. The Morgan fingerprint density at radius 3 is 2.90 bits per heavy atom. The van der Waals surface area contributed by atoms with Crippen LogP contribution >= 0.6 is 0 Å². The molecule has 1 aromatic carbocycles. The molecule has 5 nitrogen and oxygen atoms in total. The standard InChI is InChI=1S/C25H29N5/c26-21-8-9-22-20(21)13-17(15-29-22)10-12-28-25(18-5-2-1-3-6-18)19-14-24-23(30-16-19)7-4-11-27-24/h1-7,11,13,15,19,21,25,28,30H,8-10,12,14,16,26H2/t19-,21+,25-/m1/s1. The lowest BCUT2D eigenvalue weighted by Crippen LogP contribution is -2.37. The van der Waals surface area contributed by atoms with E-state index in [1.807, 2.05) is 18.5 Å². The Hall–Kier alpha value is -2.76. The molecule has 1 aliphatic heterocycles. The molecule has 0 radical (unpaired) electrons. The number of benzene rings is 1. The maximum Gasteiger partial charge on any atom is 0.0638 e. The first-order valence-corrected chi connectivity index (χ1v) is 11.0. The van der Waals surface area contributed by atoms with Crippen molar-refractivity contribution in [1.82, 2.24) is 15.3 Å². The molecule has 1 aliphatic carbocycles. The van der Waals surface area contributed by atoms with Crippen LogP contribution in [-0.2, 0) is 19.3 Å². The van der Waals surface area contributed by atoms with Crippen LogP contribution in [-0.4, -0.2) is 23.1 Å². The van der Waals surface area contributed by atoms with E-state index in [1.165, 1.54) is 28.1 Å². The van der Waals surface area contributed by atoms with E-state index in [0.717, 1.165) is 44.5 Å². The summed E-state index contributed by atoms with van der Waals surface area (Å²) in [7, 11) is 0. The van der Waals surface area contributed by atoms with E-state index in [4.69, 9.17) is 5.73 Å². The Labute approximate surface area is 178 Å². The number of aryl methyl sites for hydroxylation is 1. The zero-order valence-corrected chi connectivity index (χ0v) is 17.2. The molecule has 0 bridgehead atoms. The minimum Gasteiger partial charge on any atom is -0.383 e. The molecule has 3 heterocycles. The third-order valence-electron chi connectivity index (χ3n) is 6.46. The molecule has 30 heavy (non-hydrogen) atoms. The van der Waals surface area contributed by atoms with Gasteiger partial charge in [-0.1, -0.05) is 36.4 Å². The Balaban J connectivity index is 1.30. The lowest BCUT2D eigenvalue weighted by molar-refractivity contribution is 0.365. The fourth-order valence-electron chi connectivity index (χ4n) is 4.82. The molecule has 3 atom stereocenters. The second kappa shape index (κ2) is 8.54. The first-order valence-electron chi connectivity index (χ1n) is 11.0. The maximum absolute atomic E-state index is 6.24. The van der Waals surface area contributed by atoms with Crippen molar-refractivity contribution in [3.8, 4) is 0 Å². The number of fused-ring (bicyclic) bond motifs is 2. The van der Waals surface area contributed by atoms with Crippen LogP contribution in [0.5, 0.6) is 0 Å². The molecule has 5 heteroatoms. The van der Waals surface area contributed by atoms with Crippen molar-refractivity contribution < 1.29 is 0 Å². The third kappa shape index (κ3) is 3.95. The molecule has 0 fully saturated rings. The monoisotopic (exact) mass is 399 g/mol. The zero-order chi connectivity index (χ0) is 20.3. The van der Waals surface area contributed by atoms with E-state index in [9.17, 15) is 0 Å². The van der Waals surface area contributed by atoms with Gasteiger partial charge in [-0.25, -0.2) is 0 Å². The van der Waals surface area contributed by atoms with E-state index < -0.39 is 0 Å². The van der Waals surface area contributed by atoms with Gasteiger partial charge < -0.3 is 16.4 Å². The lowest BCUT2D eigenvalue weighted by atomic mass is 9.86. The summed E-state index contributed by atoms with van der Waals surface area (Å²) >= 11 is 0. The predicted molar refractivity (Wildman–Crippen MR) is 120 cm³/mol. The van der Waals surface area contributed by atoms with Gasteiger partial charge in [-0.15, -0.1) is 0 Å². The molecule has 4 N–H and O–H groups in total. The van der Waals surface area contributed by atoms with E-state index in [0.29, 0.717) is 5.92 Å². The normalized spacial score (nSPS) is 20.8. The van der Waals surface area contributed by atoms with Gasteiger partial charge in [0.15, 0.2) is 0 Å². The lowest BCUT2D eigenvalue weighted by Gasteiger charge is -2.33. The first-order chi connectivity index (χ1) is 14.8. The van der Waals surface area contributed by atoms with Crippen LogP contribution < -0.4 is 16.4 Å². The van der Waals surface area contributed by atoms with Crippen molar-refractivity contribution in [2.75, 3.05) is 18.4 Å². The summed E-state index contributed by atoms with van der Waals surface area (Å²) in [6.45, 7) is 1.85. The maximum atomic E-state index is 6.24. The molecule has 154 valence electrons. The highest BCUT2D eigenvalue weighted by atomic mass is 15.0. The van der Waals surface area contributed by atoms with Crippen molar-refractivity contribution >= 4 is 5.69 Å². The van der Waals surface area contributed by atoms with Crippen molar-refractivity contribution in [3.63, 3.8) is 0 Å². The fraction of sp³-hybridized carbons (Fsp3) is 0.360. The zero-order valence-electron chi connectivity index (χ0n) is 17.2. The number of rotatable bonds is 6. The van der Waals surface area contributed by atoms with E-state index in [2.05, 4.69) is 63.1 Å². The second-order valence-corrected chi connectivity index (χ2v) is 8.46.